The Morgan fingerprint density at radius 1 is 1.14 bits per heavy atom. The van der Waals surface area contributed by atoms with E-state index in [4.69, 9.17) is 16.5 Å². The summed E-state index contributed by atoms with van der Waals surface area (Å²) in [7, 11) is 0. The highest BCUT2D eigenvalue weighted by molar-refractivity contribution is 4.60. The van der Waals surface area contributed by atoms with Gasteiger partial charge in [-0.15, -0.1) is 0 Å². The Balaban J connectivity index is 0. The minimum Gasteiger partial charge on any atom is -0.326 e. The standard InChI is InChI=1S/C4H11N.N2/c1-4(2,3)5;1-2/h5H2,1-3H3;. The summed E-state index contributed by atoms with van der Waals surface area (Å²) in [5.74, 6) is 0. The summed E-state index contributed by atoms with van der Waals surface area (Å²) in [6.07, 6.45) is 0. The van der Waals surface area contributed by atoms with Crippen LogP contribution in [0.1, 0.15) is 20.8 Å². The number of hydrogen-bond acceptors (Lipinski definition) is 3. The lowest BCUT2D eigenvalue weighted by atomic mass is 10.1. The van der Waals surface area contributed by atoms with Crippen molar-refractivity contribution < 1.29 is 0 Å². The van der Waals surface area contributed by atoms with Gasteiger partial charge in [-0.05, 0) is 20.8 Å². The SMILES string of the molecule is CC(C)(C)N.N#N. The van der Waals surface area contributed by atoms with E-state index in [2.05, 4.69) is 0 Å². The third-order valence-electron chi connectivity index (χ3n) is 0. The molecule has 0 aromatic rings. The lowest BCUT2D eigenvalue weighted by Crippen LogP contribution is -2.26. The van der Waals surface area contributed by atoms with E-state index in [0.717, 1.165) is 0 Å². The first kappa shape index (κ1) is 9.63. The summed E-state index contributed by atoms with van der Waals surface area (Å²) in [6, 6.07) is 0. The summed E-state index contributed by atoms with van der Waals surface area (Å²) in [5, 5.41) is 12.0. The van der Waals surface area contributed by atoms with Crippen molar-refractivity contribution in [2.75, 3.05) is 0 Å². The van der Waals surface area contributed by atoms with E-state index in [-0.39, 0.29) is 5.54 Å². The van der Waals surface area contributed by atoms with Crippen molar-refractivity contribution in [1.29, 1.82) is 10.8 Å². The maximum absolute atomic E-state index is 6.00. The molecule has 3 heteroatoms. The number of nitrogens with zero attached hydrogens (tertiary/aromatic N) is 2. The van der Waals surface area contributed by atoms with Gasteiger partial charge < -0.3 is 5.73 Å². The summed E-state index contributed by atoms with van der Waals surface area (Å²) in [4.78, 5) is 0. The first-order valence-corrected chi connectivity index (χ1v) is 1.99. The molecule has 0 fully saturated rings. The summed E-state index contributed by atoms with van der Waals surface area (Å²) >= 11 is 0. The van der Waals surface area contributed by atoms with Crippen LogP contribution in [0.25, 0.3) is 0 Å². The molecular weight excluding hydrogens is 90.1 g/mol. The van der Waals surface area contributed by atoms with Crippen LogP contribution in [-0.4, -0.2) is 5.54 Å². The summed E-state index contributed by atoms with van der Waals surface area (Å²) in [5.41, 5.74) is 5.35. The summed E-state index contributed by atoms with van der Waals surface area (Å²) < 4.78 is 0. The molecule has 0 aliphatic heterocycles. The maximum Gasteiger partial charge on any atom is 0.00686 e. The van der Waals surface area contributed by atoms with Gasteiger partial charge in [0.05, 0.1) is 0 Å². The monoisotopic (exact) mass is 101 g/mol. The van der Waals surface area contributed by atoms with Crippen LogP contribution >= 0.6 is 0 Å². The van der Waals surface area contributed by atoms with E-state index in [1.807, 2.05) is 20.8 Å². The minimum atomic E-state index is 0. The van der Waals surface area contributed by atoms with Gasteiger partial charge in [-0.25, -0.2) is 0 Å². The molecule has 0 rings (SSSR count). The highest BCUT2D eigenvalue weighted by Crippen LogP contribution is 1.88. The Labute approximate surface area is 43.9 Å². The number of hydrogen-bond donors (Lipinski definition) is 1. The molecule has 0 atom stereocenters. The molecule has 3 nitrogen and oxygen atoms in total. The van der Waals surface area contributed by atoms with E-state index in [9.17, 15) is 0 Å². The molecule has 0 aliphatic rings. The Hall–Kier alpha value is -0.620. The smallest absolute Gasteiger partial charge is 0.00686 e. The molecular formula is C4H11N3. The van der Waals surface area contributed by atoms with Crippen LogP contribution in [0.2, 0.25) is 0 Å². The highest BCUT2D eigenvalue weighted by atomic mass is 14.7. The molecule has 0 aromatic heterocycles. The van der Waals surface area contributed by atoms with E-state index < -0.39 is 0 Å². The fourth-order valence-electron chi connectivity index (χ4n) is 0. The highest BCUT2D eigenvalue weighted by Gasteiger charge is 1.95. The lowest BCUT2D eigenvalue weighted by Gasteiger charge is -2.06. The fraction of sp³-hybridized carbons (Fsp3) is 1.00. The molecule has 0 saturated heterocycles. The molecule has 0 spiro atoms. The average Bonchev–Trinajstić information content (AvgIpc) is 1.36. The zero-order valence-corrected chi connectivity index (χ0v) is 4.97. The van der Waals surface area contributed by atoms with Crippen LogP contribution in [-0.2, 0) is 0 Å². The van der Waals surface area contributed by atoms with Gasteiger partial charge in [0.2, 0.25) is 0 Å². The van der Waals surface area contributed by atoms with Crippen molar-refractivity contribution >= 4 is 0 Å². The predicted octanol–water partition coefficient (Wildman–Crippen LogP) is 0.774. The second-order valence-corrected chi connectivity index (χ2v) is 2.37. The molecule has 0 unspecified atom stereocenters. The zero-order valence-electron chi connectivity index (χ0n) is 4.97. The van der Waals surface area contributed by atoms with Crippen LogP contribution in [0, 0.1) is 10.8 Å². The van der Waals surface area contributed by atoms with Crippen LogP contribution in [0.5, 0.6) is 0 Å². The predicted molar refractivity (Wildman–Crippen MR) is 27.4 cm³/mol. The largest absolute Gasteiger partial charge is 0.326 e. The van der Waals surface area contributed by atoms with Gasteiger partial charge >= 0.3 is 0 Å². The van der Waals surface area contributed by atoms with Crippen LogP contribution in [0.4, 0.5) is 0 Å². The third kappa shape index (κ3) is 160. The van der Waals surface area contributed by atoms with Crippen molar-refractivity contribution in [3.8, 4) is 0 Å². The molecule has 7 heavy (non-hydrogen) atoms. The molecule has 0 heterocycles. The van der Waals surface area contributed by atoms with Gasteiger partial charge in [0.25, 0.3) is 0 Å². The van der Waals surface area contributed by atoms with Gasteiger partial charge in [0.15, 0.2) is 0 Å². The zero-order chi connectivity index (χ0) is 6.50. The maximum atomic E-state index is 6.00. The topological polar surface area (TPSA) is 73.6 Å². The molecule has 42 valence electrons. The third-order valence-corrected chi connectivity index (χ3v) is 0. The first-order chi connectivity index (χ1) is 3.00. The van der Waals surface area contributed by atoms with E-state index >= 15 is 0 Å². The normalized spacial score (nSPS) is 8.86. The molecule has 0 aromatic carbocycles. The van der Waals surface area contributed by atoms with Crippen molar-refractivity contribution in [3.63, 3.8) is 0 Å². The molecule has 0 saturated carbocycles. The quantitative estimate of drug-likeness (QED) is 0.458. The summed E-state index contributed by atoms with van der Waals surface area (Å²) in [6.45, 7) is 5.90. The van der Waals surface area contributed by atoms with Gasteiger partial charge in [0.1, 0.15) is 0 Å². The molecule has 0 bridgehead atoms. The Morgan fingerprint density at radius 3 is 1.14 bits per heavy atom. The van der Waals surface area contributed by atoms with Gasteiger partial charge in [-0.2, -0.15) is 0 Å². The second-order valence-electron chi connectivity index (χ2n) is 2.37. The van der Waals surface area contributed by atoms with Crippen molar-refractivity contribution in [2.24, 2.45) is 5.73 Å². The van der Waals surface area contributed by atoms with Crippen LogP contribution in [0.15, 0.2) is 0 Å². The van der Waals surface area contributed by atoms with Crippen LogP contribution < -0.4 is 5.73 Å². The van der Waals surface area contributed by atoms with Crippen molar-refractivity contribution in [3.05, 3.63) is 0 Å². The molecule has 0 aliphatic carbocycles. The first-order valence-electron chi connectivity index (χ1n) is 1.99. The van der Waals surface area contributed by atoms with E-state index in [1.54, 1.807) is 0 Å². The average molecular weight is 101 g/mol. The van der Waals surface area contributed by atoms with E-state index in [1.165, 1.54) is 0 Å². The Bertz CT molecular complexity index is 43.7. The fourth-order valence-corrected chi connectivity index (χ4v) is 0. The van der Waals surface area contributed by atoms with Gasteiger partial charge in [0, 0.05) is 16.3 Å². The van der Waals surface area contributed by atoms with E-state index in [0.29, 0.717) is 0 Å². The number of rotatable bonds is 0. The van der Waals surface area contributed by atoms with Gasteiger partial charge in [-0.3, -0.25) is 0 Å². The number of nitrogens with two attached hydrogens (primary N) is 1. The second kappa shape index (κ2) is 3.57. The Morgan fingerprint density at radius 2 is 1.14 bits per heavy atom. The van der Waals surface area contributed by atoms with Crippen molar-refractivity contribution in [1.82, 2.24) is 0 Å². The lowest BCUT2D eigenvalue weighted by molar-refractivity contribution is 0.580. The van der Waals surface area contributed by atoms with Crippen LogP contribution in [0.3, 0.4) is 0 Å². The van der Waals surface area contributed by atoms with Gasteiger partial charge in [-0.1, -0.05) is 0 Å². The van der Waals surface area contributed by atoms with Crippen molar-refractivity contribution in [2.45, 2.75) is 26.3 Å². The Kier molecular flexibility index (Phi) is 4.90. The minimum absolute atomic E-state index is 0. The molecule has 2 N–H and O–H groups in total. The molecule has 0 amide bonds. The molecule has 0 radical (unpaired) electrons.